The molecule has 0 aromatic heterocycles. The van der Waals surface area contributed by atoms with Crippen LogP contribution in [0.1, 0.15) is 57.0 Å². The second kappa shape index (κ2) is 8.36. The second-order valence-corrected chi connectivity index (χ2v) is 8.44. The summed E-state index contributed by atoms with van der Waals surface area (Å²) in [6.07, 6.45) is -4.92. The fraction of sp³-hybridized carbons (Fsp3) is 0.500. The molecule has 1 atom stereocenters. The lowest BCUT2D eigenvalue weighted by atomic mass is 9.86. The number of esters is 1. The van der Waals surface area contributed by atoms with Gasteiger partial charge in [-0.2, -0.15) is 13.2 Å². The fourth-order valence-electron chi connectivity index (χ4n) is 3.58. The molecule has 0 spiro atoms. The van der Waals surface area contributed by atoms with Gasteiger partial charge < -0.3 is 15.0 Å². The largest absolute Gasteiger partial charge is 0.466 e. The Kier molecular flexibility index (Phi) is 6.59. The molecule has 2 amide bonds. The Labute approximate surface area is 179 Å². The fourth-order valence-corrected chi connectivity index (χ4v) is 3.58. The predicted molar refractivity (Wildman–Crippen MR) is 108 cm³/mol. The number of allylic oxidation sites excluding steroid dienone is 1. The number of carbonyl (C=O) groups is 3. The van der Waals surface area contributed by atoms with Crippen LogP contribution in [0.3, 0.4) is 0 Å². The molecule has 9 heteroatoms. The Morgan fingerprint density at radius 2 is 1.68 bits per heavy atom. The molecule has 1 aromatic rings. The number of halogens is 3. The standard InChI is InChI=1S/C22H27F3N2O4/c1-7-12-27-13(2)16(18(29)31-6)21(19(27)30,22(23,24)25)26-17(28)14-8-10-15(11-9-14)20(3,4)5/h8-11H,7,12H2,1-6H3,(H,26,28). The third kappa shape index (κ3) is 4.18. The molecule has 1 aliphatic heterocycles. The molecule has 1 aromatic carbocycles. The topological polar surface area (TPSA) is 75.7 Å². The van der Waals surface area contributed by atoms with Crippen LogP contribution in [0.25, 0.3) is 0 Å². The van der Waals surface area contributed by atoms with Gasteiger partial charge in [0.1, 0.15) is 5.57 Å². The average molecular weight is 440 g/mol. The highest BCUT2D eigenvalue weighted by molar-refractivity contribution is 6.11. The first-order chi connectivity index (χ1) is 14.2. The summed E-state index contributed by atoms with van der Waals surface area (Å²) in [4.78, 5) is 39.0. The van der Waals surface area contributed by atoms with Crippen molar-refractivity contribution < 1.29 is 32.3 Å². The molecule has 1 unspecified atom stereocenters. The van der Waals surface area contributed by atoms with Crippen LogP contribution in [-0.4, -0.2) is 48.1 Å². The molecule has 0 aliphatic carbocycles. The maximum atomic E-state index is 14.4. The van der Waals surface area contributed by atoms with Gasteiger partial charge >= 0.3 is 12.1 Å². The molecule has 1 aliphatic rings. The first-order valence-corrected chi connectivity index (χ1v) is 9.83. The average Bonchev–Trinajstić information content (AvgIpc) is 2.89. The number of carbonyl (C=O) groups excluding carboxylic acids is 3. The van der Waals surface area contributed by atoms with Gasteiger partial charge in [-0.05, 0) is 36.5 Å². The highest BCUT2D eigenvalue weighted by Gasteiger charge is 2.70. The van der Waals surface area contributed by atoms with E-state index in [0.29, 0.717) is 6.42 Å². The summed E-state index contributed by atoms with van der Waals surface area (Å²) in [5, 5.41) is 1.83. The van der Waals surface area contributed by atoms with Crippen LogP contribution >= 0.6 is 0 Å². The zero-order valence-electron chi connectivity index (χ0n) is 18.4. The lowest BCUT2D eigenvalue weighted by Crippen LogP contribution is -2.66. The molecule has 0 fully saturated rings. The SMILES string of the molecule is CCCN1C(=O)C(NC(=O)c2ccc(C(C)(C)C)cc2)(C(F)(F)F)C(C(=O)OC)=C1C. The van der Waals surface area contributed by atoms with Crippen molar-refractivity contribution in [3.63, 3.8) is 0 Å². The van der Waals surface area contributed by atoms with E-state index in [1.807, 2.05) is 26.1 Å². The highest BCUT2D eigenvalue weighted by Crippen LogP contribution is 2.45. The van der Waals surface area contributed by atoms with Crippen molar-refractivity contribution in [2.75, 3.05) is 13.7 Å². The molecule has 0 bridgehead atoms. The van der Waals surface area contributed by atoms with Crippen molar-refractivity contribution in [2.24, 2.45) is 0 Å². The molecule has 6 nitrogen and oxygen atoms in total. The Bertz CT molecular complexity index is 914. The van der Waals surface area contributed by atoms with Gasteiger partial charge in [-0.25, -0.2) is 4.79 Å². The summed E-state index contributed by atoms with van der Waals surface area (Å²) in [5.41, 5.74) is -4.06. The van der Waals surface area contributed by atoms with Gasteiger partial charge in [0.2, 0.25) is 0 Å². The Morgan fingerprint density at radius 1 is 1.13 bits per heavy atom. The zero-order chi connectivity index (χ0) is 23.8. The molecular weight excluding hydrogens is 413 g/mol. The number of alkyl halides is 3. The van der Waals surface area contributed by atoms with Crippen LogP contribution in [0.4, 0.5) is 13.2 Å². The summed E-state index contributed by atoms with van der Waals surface area (Å²) in [5.74, 6) is -3.89. The Morgan fingerprint density at radius 3 is 2.10 bits per heavy atom. The van der Waals surface area contributed by atoms with Crippen LogP contribution < -0.4 is 5.32 Å². The normalized spacial score (nSPS) is 19.6. The van der Waals surface area contributed by atoms with E-state index in [0.717, 1.165) is 17.6 Å². The maximum Gasteiger partial charge on any atom is 0.425 e. The van der Waals surface area contributed by atoms with Gasteiger partial charge in [0.15, 0.2) is 0 Å². The number of benzene rings is 1. The number of nitrogens with one attached hydrogen (secondary N) is 1. The summed E-state index contributed by atoms with van der Waals surface area (Å²) < 4.78 is 47.7. The van der Waals surface area contributed by atoms with Gasteiger partial charge in [0.25, 0.3) is 17.4 Å². The maximum absolute atomic E-state index is 14.4. The van der Waals surface area contributed by atoms with E-state index in [9.17, 15) is 27.6 Å². The van der Waals surface area contributed by atoms with Gasteiger partial charge in [0.05, 0.1) is 7.11 Å². The Balaban J connectivity index is 2.59. The third-order valence-electron chi connectivity index (χ3n) is 5.28. The minimum atomic E-state index is -5.28. The monoisotopic (exact) mass is 440 g/mol. The number of methoxy groups -OCH3 is 1. The van der Waals surface area contributed by atoms with E-state index >= 15 is 0 Å². The zero-order valence-corrected chi connectivity index (χ0v) is 18.4. The van der Waals surface area contributed by atoms with Crippen molar-refractivity contribution in [1.82, 2.24) is 10.2 Å². The van der Waals surface area contributed by atoms with Crippen LogP contribution in [0.5, 0.6) is 0 Å². The van der Waals surface area contributed by atoms with Crippen LogP contribution in [-0.2, 0) is 19.7 Å². The lowest BCUT2D eigenvalue weighted by molar-refractivity contribution is -0.192. The van der Waals surface area contributed by atoms with E-state index < -0.39 is 35.1 Å². The van der Waals surface area contributed by atoms with Crippen LogP contribution in [0.15, 0.2) is 35.5 Å². The molecule has 0 saturated heterocycles. The van der Waals surface area contributed by atoms with Crippen LogP contribution in [0.2, 0.25) is 0 Å². The predicted octanol–water partition coefficient (Wildman–Crippen LogP) is 3.71. The van der Waals surface area contributed by atoms with Crippen molar-refractivity contribution in [1.29, 1.82) is 0 Å². The van der Waals surface area contributed by atoms with Crippen molar-refractivity contribution in [2.45, 2.75) is 58.2 Å². The number of ether oxygens (including phenoxy) is 1. The number of rotatable bonds is 5. The first-order valence-electron chi connectivity index (χ1n) is 9.83. The summed E-state index contributed by atoms with van der Waals surface area (Å²) >= 11 is 0. The molecule has 31 heavy (non-hydrogen) atoms. The smallest absolute Gasteiger partial charge is 0.425 e. The molecule has 1 N–H and O–H groups in total. The van der Waals surface area contributed by atoms with E-state index in [-0.39, 0.29) is 23.2 Å². The minimum Gasteiger partial charge on any atom is -0.466 e. The number of hydrogen-bond acceptors (Lipinski definition) is 4. The Hall–Kier alpha value is -2.84. The van der Waals surface area contributed by atoms with E-state index in [1.165, 1.54) is 19.1 Å². The van der Waals surface area contributed by atoms with Gasteiger partial charge in [-0.3, -0.25) is 9.59 Å². The van der Waals surface area contributed by atoms with Gasteiger partial charge in [0, 0.05) is 17.8 Å². The highest BCUT2D eigenvalue weighted by atomic mass is 19.4. The molecule has 170 valence electrons. The lowest BCUT2D eigenvalue weighted by Gasteiger charge is -2.33. The van der Waals surface area contributed by atoms with Crippen molar-refractivity contribution >= 4 is 17.8 Å². The first kappa shape index (κ1) is 24.4. The number of amides is 2. The van der Waals surface area contributed by atoms with E-state index in [1.54, 1.807) is 19.1 Å². The minimum absolute atomic E-state index is 0.0425. The molecular formula is C22H27F3N2O4. The van der Waals surface area contributed by atoms with Gasteiger partial charge in [-0.1, -0.05) is 39.8 Å². The number of hydrogen-bond donors (Lipinski definition) is 1. The molecule has 2 rings (SSSR count). The molecule has 0 saturated carbocycles. The van der Waals surface area contributed by atoms with Crippen molar-refractivity contribution in [3.05, 3.63) is 46.7 Å². The number of nitrogens with zero attached hydrogens (tertiary/aromatic N) is 1. The van der Waals surface area contributed by atoms with Crippen molar-refractivity contribution in [3.8, 4) is 0 Å². The van der Waals surface area contributed by atoms with Crippen LogP contribution in [0, 0.1) is 0 Å². The quantitative estimate of drug-likeness (QED) is 0.709. The summed E-state index contributed by atoms with van der Waals surface area (Å²) in [6.45, 7) is 8.74. The molecule has 0 radical (unpaired) electrons. The molecule has 1 heterocycles. The van der Waals surface area contributed by atoms with E-state index in [4.69, 9.17) is 0 Å². The van der Waals surface area contributed by atoms with E-state index in [2.05, 4.69) is 4.74 Å². The third-order valence-corrected chi connectivity index (χ3v) is 5.28. The summed E-state index contributed by atoms with van der Waals surface area (Å²) in [7, 11) is 0.920. The summed E-state index contributed by atoms with van der Waals surface area (Å²) in [6, 6.07) is 6.05. The van der Waals surface area contributed by atoms with Gasteiger partial charge in [-0.15, -0.1) is 0 Å². The second-order valence-electron chi connectivity index (χ2n) is 8.44.